The molecule has 2 heterocycles. The monoisotopic (exact) mass is 470 g/mol. The van der Waals surface area contributed by atoms with Gasteiger partial charge in [-0.05, 0) is 55.0 Å². The highest BCUT2D eigenvalue weighted by Gasteiger charge is 2.21. The molecule has 0 spiro atoms. The summed E-state index contributed by atoms with van der Waals surface area (Å²) >= 11 is 5.91. The van der Waals surface area contributed by atoms with Crippen molar-refractivity contribution in [1.82, 2.24) is 9.88 Å². The highest BCUT2D eigenvalue weighted by Crippen LogP contribution is 2.19. The normalized spacial score (nSPS) is 14.0. The Morgan fingerprint density at radius 3 is 2.27 bits per heavy atom. The molecule has 0 saturated carbocycles. The third kappa shape index (κ3) is 5.64. The minimum atomic E-state index is -0.821. The second kappa shape index (κ2) is 9.95. The maximum absolute atomic E-state index is 13.3. The van der Waals surface area contributed by atoms with Crippen LogP contribution in [0.25, 0.3) is 0 Å². The molecule has 1 fully saturated rings. The van der Waals surface area contributed by atoms with Gasteiger partial charge in [-0.25, -0.2) is 13.8 Å². The summed E-state index contributed by atoms with van der Waals surface area (Å²) in [5.74, 6) is -1.59. The molecule has 4 rings (SSSR count). The molecule has 0 aliphatic carbocycles. The van der Waals surface area contributed by atoms with Gasteiger partial charge in [-0.15, -0.1) is 0 Å². The van der Waals surface area contributed by atoms with Gasteiger partial charge in [0.2, 0.25) is 0 Å². The number of benzene rings is 2. The Bertz CT molecular complexity index is 1140. The van der Waals surface area contributed by atoms with Gasteiger partial charge in [0.1, 0.15) is 17.5 Å². The average Bonchev–Trinajstić information content (AvgIpc) is 3.05. The smallest absolute Gasteiger partial charge is 0.255 e. The molecule has 2 aromatic carbocycles. The van der Waals surface area contributed by atoms with Gasteiger partial charge >= 0.3 is 0 Å². The van der Waals surface area contributed by atoms with E-state index in [1.54, 1.807) is 36.4 Å². The molecule has 0 unspecified atom stereocenters. The number of carbonyl (C=O) groups excluding carboxylic acids is 2. The van der Waals surface area contributed by atoms with E-state index >= 15 is 0 Å². The Labute approximate surface area is 194 Å². The number of halogens is 3. The molecular weight excluding hydrogens is 450 g/mol. The number of anilines is 2. The van der Waals surface area contributed by atoms with E-state index in [9.17, 15) is 18.4 Å². The second-order valence-corrected chi connectivity index (χ2v) is 8.09. The van der Waals surface area contributed by atoms with Crippen molar-refractivity contribution in [2.45, 2.75) is 6.42 Å². The quantitative estimate of drug-likeness (QED) is 0.604. The highest BCUT2D eigenvalue weighted by atomic mass is 35.5. The van der Waals surface area contributed by atoms with Crippen molar-refractivity contribution in [3.63, 3.8) is 0 Å². The topological polar surface area (TPSA) is 65.5 Å². The van der Waals surface area contributed by atoms with Crippen molar-refractivity contribution in [3.05, 3.63) is 88.6 Å². The SMILES string of the molecule is O=C(Nc1ccc(N2CCCN(C(=O)c3ccc(Cl)cc3)CC2)nc1)c1cc(F)cc(F)c1. The molecule has 0 bridgehead atoms. The minimum Gasteiger partial charge on any atom is -0.355 e. The lowest BCUT2D eigenvalue weighted by Crippen LogP contribution is -2.35. The molecule has 1 saturated heterocycles. The molecule has 1 aliphatic rings. The van der Waals surface area contributed by atoms with E-state index < -0.39 is 17.5 Å². The fraction of sp³-hybridized carbons (Fsp3) is 0.208. The van der Waals surface area contributed by atoms with E-state index in [4.69, 9.17) is 11.6 Å². The molecule has 1 aliphatic heterocycles. The molecular formula is C24H21ClF2N4O2. The van der Waals surface area contributed by atoms with Crippen LogP contribution < -0.4 is 10.2 Å². The average molecular weight is 471 g/mol. The van der Waals surface area contributed by atoms with Gasteiger partial charge in [-0.1, -0.05) is 11.6 Å². The van der Waals surface area contributed by atoms with Crippen LogP contribution in [0, 0.1) is 11.6 Å². The highest BCUT2D eigenvalue weighted by molar-refractivity contribution is 6.30. The Balaban J connectivity index is 1.37. The van der Waals surface area contributed by atoms with Gasteiger partial charge in [0.15, 0.2) is 0 Å². The molecule has 0 radical (unpaired) electrons. The van der Waals surface area contributed by atoms with Crippen LogP contribution in [0.4, 0.5) is 20.3 Å². The van der Waals surface area contributed by atoms with Crippen LogP contribution in [-0.2, 0) is 0 Å². The predicted octanol–water partition coefficient (Wildman–Crippen LogP) is 4.62. The number of nitrogens with one attached hydrogen (secondary N) is 1. The summed E-state index contributed by atoms with van der Waals surface area (Å²) in [5, 5.41) is 3.17. The van der Waals surface area contributed by atoms with Crippen molar-refractivity contribution in [3.8, 4) is 0 Å². The maximum Gasteiger partial charge on any atom is 0.255 e. The number of aromatic nitrogens is 1. The number of nitrogens with zero attached hydrogens (tertiary/aromatic N) is 3. The van der Waals surface area contributed by atoms with Crippen molar-refractivity contribution in [1.29, 1.82) is 0 Å². The number of hydrogen-bond donors (Lipinski definition) is 1. The van der Waals surface area contributed by atoms with Crippen LogP contribution in [0.1, 0.15) is 27.1 Å². The number of rotatable bonds is 4. The van der Waals surface area contributed by atoms with Crippen molar-refractivity contribution in [2.24, 2.45) is 0 Å². The number of amides is 2. The minimum absolute atomic E-state index is 0.0340. The van der Waals surface area contributed by atoms with Crippen LogP contribution >= 0.6 is 11.6 Å². The summed E-state index contributed by atoms with van der Waals surface area (Å²) in [6, 6.07) is 12.9. The third-order valence-corrected chi connectivity index (χ3v) is 5.58. The fourth-order valence-electron chi connectivity index (χ4n) is 3.66. The fourth-order valence-corrected chi connectivity index (χ4v) is 3.79. The van der Waals surface area contributed by atoms with Gasteiger partial charge in [-0.3, -0.25) is 9.59 Å². The van der Waals surface area contributed by atoms with E-state index in [-0.39, 0.29) is 11.5 Å². The summed E-state index contributed by atoms with van der Waals surface area (Å²) in [7, 11) is 0. The number of hydrogen-bond acceptors (Lipinski definition) is 4. The van der Waals surface area contributed by atoms with Gasteiger partial charge in [0.25, 0.3) is 11.8 Å². The Morgan fingerprint density at radius 2 is 1.61 bits per heavy atom. The molecule has 170 valence electrons. The Morgan fingerprint density at radius 1 is 0.879 bits per heavy atom. The lowest BCUT2D eigenvalue weighted by atomic mass is 10.2. The molecule has 3 aromatic rings. The standard InChI is InChI=1S/C24H21ClF2N4O2/c25-18-4-2-16(3-5-18)24(33)31-9-1-8-30(10-11-31)22-7-6-21(15-28-22)29-23(32)17-12-19(26)14-20(27)13-17/h2-7,12-15H,1,8-11H2,(H,29,32). The molecule has 1 N–H and O–H groups in total. The zero-order chi connectivity index (χ0) is 23.4. The van der Waals surface area contributed by atoms with Crippen LogP contribution in [0.5, 0.6) is 0 Å². The van der Waals surface area contributed by atoms with E-state index in [1.807, 2.05) is 4.90 Å². The molecule has 0 atom stereocenters. The zero-order valence-corrected chi connectivity index (χ0v) is 18.4. The summed E-state index contributed by atoms with van der Waals surface area (Å²) in [6.45, 7) is 2.52. The first-order chi connectivity index (χ1) is 15.9. The van der Waals surface area contributed by atoms with Gasteiger partial charge in [0, 0.05) is 48.4 Å². The lowest BCUT2D eigenvalue weighted by Gasteiger charge is -2.23. The van der Waals surface area contributed by atoms with E-state index in [2.05, 4.69) is 15.2 Å². The first-order valence-corrected chi connectivity index (χ1v) is 10.8. The Kier molecular flexibility index (Phi) is 6.84. The maximum atomic E-state index is 13.3. The van der Waals surface area contributed by atoms with E-state index in [0.717, 1.165) is 25.1 Å². The second-order valence-electron chi connectivity index (χ2n) is 7.66. The van der Waals surface area contributed by atoms with Crippen molar-refractivity contribution < 1.29 is 18.4 Å². The summed E-state index contributed by atoms with van der Waals surface area (Å²) < 4.78 is 26.7. The number of pyridine rings is 1. The number of carbonyl (C=O) groups is 2. The summed E-state index contributed by atoms with van der Waals surface area (Å²) in [4.78, 5) is 33.3. The molecule has 1 aromatic heterocycles. The van der Waals surface area contributed by atoms with Crippen LogP contribution in [0.2, 0.25) is 5.02 Å². The van der Waals surface area contributed by atoms with Crippen LogP contribution in [-0.4, -0.2) is 47.9 Å². The van der Waals surface area contributed by atoms with E-state index in [0.29, 0.717) is 47.8 Å². The molecule has 2 amide bonds. The predicted molar refractivity (Wildman–Crippen MR) is 123 cm³/mol. The van der Waals surface area contributed by atoms with Crippen molar-refractivity contribution >= 4 is 34.9 Å². The van der Waals surface area contributed by atoms with Crippen LogP contribution in [0.3, 0.4) is 0 Å². The first-order valence-electron chi connectivity index (χ1n) is 10.4. The first kappa shape index (κ1) is 22.7. The van der Waals surface area contributed by atoms with E-state index in [1.165, 1.54) is 6.20 Å². The van der Waals surface area contributed by atoms with Gasteiger partial charge in [-0.2, -0.15) is 0 Å². The zero-order valence-electron chi connectivity index (χ0n) is 17.6. The Hall–Kier alpha value is -3.52. The van der Waals surface area contributed by atoms with Crippen LogP contribution in [0.15, 0.2) is 60.8 Å². The van der Waals surface area contributed by atoms with Gasteiger partial charge in [0.05, 0.1) is 11.9 Å². The summed E-state index contributed by atoms with van der Waals surface area (Å²) in [6.07, 6.45) is 2.27. The largest absolute Gasteiger partial charge is 0.355 e. The molecule has 9 heteroatoms. The van der Waals surface area contributed by atoms with Gasteiger partial charge < -0.3 is 15.1 Å². The van der Waals surface area contributed by atoms with Crippen molar-refractivity contribution in [2.75, 3.05) is 36.4 Å². The lowest BCUT2D eigenvalue weighted by molar-refractivity contribution is 0.0767. The third-order valence-electron chi connectivity index (χ3n) is 5.33. The summed E-state index contributed by atoms with van der Waals surface area (Å²) in [5.41, 5.74) is 0.890. The molecule has 6 nitrogen and oxygen atoms in total. The molecule has 33 heavy (non-hydrogen) atoms.